The Morgan fingerprint density at radius 2 is 2.21 bits per heavy atom. The van der Waals surface area contributed by atoms with Crippen LogP contribution in [0, 0.1) is 12.7 Å². The fourth-order valence-corrected chi connectivity index (χ4v) is 1.83. The minimum absolute atomic E-state index is 0.0417. The molecule has 0 atom stereocenters. The summed E-state index contributed by atoms with van der Waals surface area (Å²) in [5.41, 5.74) is 2.52. The van der Waals surface area contributed by atoms with Crippen LogP contribution in [0.2, 0.25) is 0 Å². The average Bonchev–Trinajstić information content (AvgIpc) is 2.94. The Balaban J connectivity index is 2.39. The van der Waals surface area contributed by atoms with Crippen LogP contribution < -0.4 is 0 Å². The quantitative estimate of drug-likeness (QED) is 0.717. The van der Waals surface area contributed by atoms with Crippen molar-refractivity contribution in [3.8, 4) is 0 Å². The Kier molecular flexibility index (Phi) is 2.53. The van der Waals surface area contributed by atoms with E-state index in [2.05, 4.69) is 11.9 Å². The Morgan fingerprint density at radius 1 is 1.50 bits per heavy atom. The highest BCUT2D eigenvalue weighted by Crippen LogP contribution is 2.40. The first-order chi connectivity index (χ1) is 6.72. The Labute approximate surface area is 84.4 Å². The number of halogens is 1. The highest BCUT2D eigenvalue weighted by atomic mass is 19.1. The third kappa shape index (κ3) is 1.79. The summed E-state index contributed by atoms with van der Waals surface area (Å²) in [6.07, 6.45) is 4.04. The number of aryl methyl sites for hydroxylation is 2. The second-order valence-electron chi connectivity index (χ2n) is 4.15. The zero-order chi connectivity index (χ0) is 10.1. The molecule has 1 aliphatic rings. The fourth-order valence-electron chi connectivity index (χ4n) is 1.83. The number of aromatic nitrogens is 1. The van der Waals surface area contributed by atoms with Crippen LogP contribution in [0.25, 0.3) is 0 Å². The molecule has 1 aliphatic carbocycles. The van der Waals surface area contributed by atoms with E-state index < -0.39 is 0 Å². The molecule has 2 rings (SSSR count). The molecule has 0 radical (unpaired) electrons. The molecular weight excluding hydrogens is 177 g/mol. The first-order valence-electron chi connectivity index (χ1n) is 5.38. The molecule has 1 aromatic rings. The summed E-state index contributed by atoms with van der Waals surface area (Å²) in [5.74, 6) is 0.366. The van der Waals surface area contributed by atoms with Crippen molar-refractivity contribution in [1.29, 1.82) is 0 Å². The van der Waals surface area contributed by atoms with Crippen LogP contribution in [0.4, 0.5) is 4.39 Å². The van der Waals surface area contributed by atoms with Crippen LogP contribution in [0.1, 0.15) is 49.1 Å². The zero-order valence-corrected chi connectivity index (χ0v) is 8.81. The van der Waals surface area contributed by atoms with Gasteiger partial charge >= 0.3 is 0 Å². The minimum Gasteiger partial charge on any atom is -0.255 e. The third-order valence-electron chi connectivity index (χ3n) is 2.67. The molecule has 14 heavy (non-hydrogen) atoms. The van der Waals surface area contributed by atoms with Crippen molar-refractivity contribution in [2.75, 3.05) is 0 Å². The van der Waals surface area contributed by atoms with Gasteiger partial charge in [-0.15, -0.1) is 0 Å². The van der Waals surface area contributed by atoms with Gasteiger partial charge in [0.15, 0.2) is 0 Å². The number of hydrogen-bond donors (Lipinski definition) is 0. The van der Waals surface area contributed by atoms with E-state index in [4.69, 9.17) is 0 Å². The maximum absolute atomic E-state index is 13.9. The smallest absolute Gasteiger partial charge is 0.148 e. The summed E-state index contributed by atoms with van der Waals surface area (Å²) in [4.78, 5) is 4.30. The van der Waals surface area contributed by atoms with Crippen molar-refractivity contribution in [3.63, 3.8) is 0 Å². The standard InChI is InChI=1S/C12H16FN/c1-3-4-10-7-8(2)14-12(11(10)13)9-5-6-9/h7,9H,3-6H2,1-2H3. The Bertz CT molecular complexity index is 342. The number of nitrogens with zero attached hydrogens (tertiary/aromatic N) is 1. The first-order valence-corrected chi connectivity index (χ1v) is 5.38. The molecule has 0 saturated heterocycles. The van der Waals surface area contributed by atoms with E-state index in [1.807, 2.05) is 13.0 Å². The number of pyridine rings is 1. The summed E-state index contributed by atoms with van der Waals surface area (Å²) < 4.78 is 13.9. The number of hydrogen-bond acceptors (Lipinski definition) is 1. The molecule has 0 N–H and O–H groups in total. The topological polar surface area (TPSA) is 12.9 Å². The molecule has 1 aromatic heterocycles. The van der Waals surface area contributed by atoms with Gasteiger partial charge in [0, 0.05) is 11.6 Å². The fraction of sp³-hybridized carbons (Fsp3) is 0.583. The van der Waals surface area contributed by atoms with Crippen molar-refractivity contribution < 1.29 is 4.39 Å². The van der Waals surface area contributed by atoms with E-state index in [1.165, 1.54) is 0 Å². The molecule has 0 aliphatic heterocycles. The second-order valence-corrected chi connectivity index (χ2v) is 4.15. The highest BCUT2D eigenvalue weighted by Gasteiger charge is 2.29. The largest absolute Gasteiger partial charge is 0.255 e. The zero-order valence-electron chi connectivity index (χ0n) is 8.81. The third-order valence-corrected chi connectivity index (χ3v) is 2.67. The summed E-state index contributed by atoms with van der Waals surface area (Å²) in [7, 11) is 0. The van der Waals surface area contributed by atoms with Crippen molar-refractivity contribution in [2.24, 2.45) is 0 Å². The van der Waals surface area contributed by atoms with E-state index in [-0.39, 0.29) is 5.82 Å². The van der Waals surface area contributed by atoms with Crippen LogP contribution in [0.15, 0.2) is 6.07 Å². The van der Waals surface area contributed by atoms with Gasteiger partial charge in [0.25, 0.3) is 0 Å². The second kappa shape index (κ2) is 3.68. The van der Waals surface area contributed by atoms with Gasteiger partial charge in [-0.05, 0) is 37.8 Å². The maximum Gasteiger partial charge on any atom is 0.148 e. The normalized spacial score (nSPS) is 15.9. The molecular formula is C12H16FN. The molecule has 1 nitrogen and oxygen atoms in total. The van der Waals surface area contributed by atoms with Gasteiger partial charge in [-0.25, -0.2) is 4.39 Å². The van der Waals surface area contributed by atoms with E-state index in [0.717, 1.165) is 36.9 Å². The van der Waals surface area contributed by atoms with Gasteiger partial charge in [0.1, 0.15) is 5.82 Å². The summed E-state index contributed by atoms with van der Waals surface area (Å²) in [5, 5.41) is 0. The molecule has 0 bridgehead atoms. The van der Waals surface area contributed by atoms with E-state index in [0.29, 0.717) is 11.6 Å². The Morgan fingerprint density at radius 3 is 2.79 bits per heavy atom. The molecule has 0 amide bonds. The van der Waals surface area contributed by atoms with Gasteiger partial charge in [-0.3, -0.25) is 4.98 Å². The van der Waals surface area contributed by atoms with Crippen molar-refractivity contribution >= 4 is 0 Å². The van der Waals surface area contributed by atoms with Crippen molar-refractivity contribution in [3.05, 3.63) is 28.8 Å². The number of rotatable bonds is 3. The van der Waals surface area contributed by atoms with Crippen LogP contribution in [-0.2, 0) is 6.42 Å². The monoisotopic (exact) mass is 193 g/mol. The van der Waals surface area contributed by atoms with Gasteiger partial charge in [0.05, 0.1) is 5.69 Å². The van der Waals surface area contributed by atoms with Crippen LogP contribution in [0.3, 0.4) is 0 Å². The predicted octanol–water partition coefficient (Wildman–Crippen LogP) is 3.36. The lowest BCUT2D eigenvalue weighted by molar-refractivity contribution is 0.579. The van der Waals surface area contributed by atoms with Gasteiger partial charge in [-0.2, -0.15) is 0 Å². The van der Waals surface area contributed by atoms with Crippen LogP contribution in [0.5, 0.6) is 0 Å². The molecule has 76 valence electrons. The van der Waals surface area contributed by atoms with Gasteiger partial charge in [0.2, 0.25) is 0 Å². The van der Waals surface area contributed by atoms with Crippen LogP contribution >= 0.6 is 0 Å². The van der Waals surface area contributed by atoms with Gasteiger partial charge in [-0.1, -0.05) is 13.3 Å². The average molecular weight is 193 g/mol. The van der Waals surface area contributed by atoms with E-state index in [1.54, 1.807) is 0 Å². The highest BCUT2D eigenvalue weighted by molar-refractivity contribution is 5.28. The summed E-state index contributed by atoms with van der Waals surface area (Å²) in [6, 6.07) is 1.88. The SMILES string of the molecule is CCCc1cc(C)nc(C2CC2)c1F. The summed E-state index contributed by atoms with van der Waals surface area (Å²) in [6.45, 7) is 4.02. The van der Waals surface area contributed by atoms with Crippen LogP contribution in [-0.4, -0.2) is 4.98 Å². The molecule has 1 saturated carbocycles. The predicted molar refractivity (Wildman–Crippen MR) is 54.9 cm³/mol. The molecule has 1 heterocycles. The van der Waals surface area contributed by atoms with Gasteiger partial charge < -0.3 is 0 Å². The lowest BCUT2D eigenvalue weighted by Crippen LogP contribution is -2.01. The molecule has 0 unspecified atom stereocenters. The van der Waals surface area contributed by atoms with Crippen molar-refractivity contribution in [2.45, 2.75) is 45.4 Å². The van der Waals surface area contributed by atoms with E-state index >= 15 is 0 Å². The molecule has 0 spiro atoms. The molecule has 2 heteroatoms. The molecule has 1 fully saturated rings. The van der Waals surface area contributed by atoms with Crippen molar-refractivity contribution in [1.82, 2.24) is 4.98 Å². The first kappa shape index (κ1) is 9.63. The molecule has 0 aromatic carbocycles. The maximum atomic E-state index is 13.9. The lowest BCUT2D eigenvalue weighted by Gasteiger charge is -2.07. The lowest BCUT2D eigenvalue weighted by atomic mass is 10.1. The summed E-state index contributed by atoms with van der Waals surface area (Å²) >= 11 is 0. The minimum atomic E-state index is -0.0417. The Hall–Kier alpha value is -0.920. The van der Waals surface area contributed by atoms with E-state index in [9.17, 15) is 4.39 Å².